The quantitative estimate of drug-likeness (QED) is 0.576. The van der Waals surface area contributed by atoms with Crippen LogP contribution in [-0.2, 0) is 10.0 Å². The van der Waals surface area contributed by atoms with Crippen molar-refractivity contribution >= 4 is 5.78 Å². The van der Waals surface area contributed by atoms with E-state index in [9.17, 15) is 10.0 Å². The van der Waals surface area contributed by atoms with Crippen LogP contribution in [0.1, 0.15) is 62.1 Å². The minimum absolute atomic E-state index is 1.55. The van der Waals surface area contributed by atoms with Crippen molar-refractivity contribution in [1.82, 2.24) is 5.06 Å². The highest BCUT2D eigenvalue weighted by Gasteiger charge is 2.45. The summed E-state index contributed by atoms with van der Waals surface area (Å²) in [7, 11) is 0. The Kier molecular flexibility index (Phi) is 0.361. The minimum atomic E-state index is -4.52. The maximum Gasteiger partial charge on any atom is 0.136 e. The third-order valence-electron chi connectivity index (χ3n) is 1.20. The first kappa shape index (κ1) is 1.71. The molecule has 1 aliphatic rings. The summed E-state index contributed by atoms with van der Waals surface area (Å²) in [5.41, 5.74) is -9.03. The first-order valence-electron chi connectivity index (χ1n) is 10.8. The molecular weight excluding hydrogens is 154 g/mol. The summed E-state index contributed by atoms with van der Waals surface area (Å²) in [6.45, 7) is -17.1. The molecule has 1 fully saturated rings. The van der Waals surface area contributed by atoms with Crippen LogP contribution in [0.25, 0.3) is 0 Å². The zero-order chi connectivity index (χ0) is 23.2. The lowest BCUT2D eigenvalue weighted by Crippen LogP contribution is -2.58. The fraction of sp³-hybridized carbons (Fsp3) is 0.889. The molecule has 0 aromatic heterocycles. The van der Waals surface area contributed by atoms with Crippen LogP contribution in [0.3, 0.4) is 0 Å². The van der Waals surface area contributed by atoms with Crippen molar-refractivity contribution in [2.75, 3.05) is 0 Å². The smallest absolute Gasteiger partial charge is 0.136 e. The number of piperidine rings is 1. The van der Waals surface area contributed by atoms with Crippen molar-refractivity contribution in [3.05, 3.63) is 0 Å². The molecule has 1 radical (unpaired) electrons. The van der Waals surface area contributed by atoms with Crippen molar-refractivity contribution in [3.63, 3.8) is 0 Å². The maximum atomic E-state index is 13.2. The van der Waals surface area contributed by atoms with Gasteiger partial charge in [-0.2, -0.15) is 0 Å². The van der Waals surface area contributed by atoms with Crippen molar-refractivity contribution < 1.29 is 31.9 Å². The Morgan fingerprint density at radius 2 is 1.75 bits per heavy atom. The van der Waals surface area contributed by atoms with Crippen LogP contribution in [0, 0.1) is 0 Å². The van der Waals surface area contributed by atoms with Crippen molar-refractivity contribution in [2.24, 2.45) is 0 Å². The number of carbonyl (C=O) groups excluding carboxylic acids is 1. The number of hydrogen-bond donors (Lipinski definition) is 0. The van der Waals surface area contributed by atoms with Crippen LogP contribution < -0.4 is 0 Å². The molecule has 1 heterocycles. The average molecular weight is 186 g/mol. The molecule has 0 aromatic rings. The maximum absolute atomic E-state index is 13.2. The van der Waals surface area contributed by atoms with Gasteiger partial charge in [0, 0.05) is 34.7 Å². The van der Waals surface area contributed by atoms with E-state index < -0.39 is 62.1 Å². The summed E-state index contributed by atoms with van der Waals surface area (Å²) >= 11 is 0. The van der Waals surface area contributed by atoms with Crippen molar-refractivity contribution in [2.45, 2.75) is 51.2 Å². The van der Waals surface area contributed by atoms with E-state index in [1.54, 1.807) is 0 Å². The van der Waals surface area contributed by atoms with Crippen molar-refractivity contribution in [1.29, 1.82) is 0 Å². The number of ketones is 1. The van der Waals surface area contributed by atoms with Crippen LogP contribution in [0.5, 0.6) is 0 Å². The Labute approximate surface area is 95.8 Å². The molecule has 0 atom stereocenters. The Morgan fingerprint density at radius 1 is 1.33 bits per heavy atom. The van der Waals surface area contributed by atoms with E-state index in [4.69, 9.17) is 21.9 Å². The highest BCUT2D eigenvalue weighted by atomic mass is 16.5. The van der Waals surface area contributed by atoms with Crippen LogP contribution in [-0.4, -0.2) is 21.9 Å². The van der Waals surface area contributed by atoms with Gasteiger partial charge in [-0.15, -0.1) is 10.3 Å². The molecular formula is C9H16NO2. The normalized spacial score (nSPS) is 61.2. The van der Waals surface area contributed by atoms with Crippen LogP contribution in [0.4, 0.5) is 0 Å². The van der Waals surface area contributed by atoms with E-state index in [1.807, 2.05) is 0 Å². The van der Waals surface area contributed by atoms with E-state index in [-0.39, 0.29) is 0 Å². The van der Waals surface area contributed by atoms with Gasteiger partial charge in [-0.25, -0.2) is 0 Å². The Bertz CT molecular complexity index is 569. The van der Waals surface area contributed by atoms with Gasteiger partial charge in [-0.1, -0.05) is 0 Å². The number of carbonyl (C=O) groups is 1. The van der Waals surface area contributed by atoms with E-state index in [0.29, 0.717) is 0 Å². The zero-order valence-electron chi connectivity index (χ0n) is 21.8. The number of hydroxylamine groups is 2. The second-order valence-electron chi connectivity index (χ2n) is 2.29. The predicted octanol–water partition coefficient (Wildman–Crippen LogP) is 1.55. The predicted molar refractivity (Wildman–Crippen MR) is 44.9 cm³/mol. The second-order valence-corrected chi connectivity index (χ2v) is 2.29. The zero-order valence-corrected chi connectivity index (χ0v) is 5.76. The van der Waals surface area contributed by atoms with Crippen LogP contribution in [0.2, 0.25) is 0 Å². The fourth-order valence-corrected chi connectivity index (χ4v) is 0.713. The summed E-state index contributed by atoms with van der Waals surface area (Å²) in [4.78, 5) is 12.6. The molecule has 0 aromatic carbocycles. The lowest BCUT2D eigenvalue weighted by atomic mass is 9.81. The van der Waals surface area contributed by atoms with Gasteiger partial charge in [0.2, 0.25) is 0 Å². The number of nitrogens with zero attached hydrogens (tertiary/aromatic N) is 1. The summed E-state index contributed by atoms with van der Waals surface area (Å²) in [6.07, 6.45) is -8.62. The van der Waals surface area contributed by atoms with Gasteiger partial charge < -0.3 is 0 Å². The van der Waals surface area contributed by atoms with Crippen molar-refractivity contribution in [3.8, 4) is 0 Å². The molecule has 0 bridgehead atoms. The Morgan fingerprint density at radius 3 is 2.08 bits per heavy atom. The van der Waals surface area contributed by atoms with Gasteiger partial charge in [0.25, 0.3) is 0 Å². The molecule has 3 heteroatoms. The van der Waals surface area contributed by atoms with Gasteiger partial charge >= 0.3 is 0 Å². The summed E-state index contributed by atoms with van der Waals surface area (Å²) in [5.74, 6) is -2.58. The average Bonchev–Trinajstić information content (AvgIpc) is 2.28. The molecule has 1 saturated heterocycles. The lowest BCUT2D eigenvalue weighted by molar-refractivity contribution is -0.280. The highest BCUT2D eigenvalue weighted by Crippen LogP contribution is 2.34. The van der Waals surface area contributed by atoms with E-state index in [1.165, 1.54) is 0 Å². The van der Waals surface area contributed by atoms with E-state index >= 15 is 0 Å². The standard InChI is InChI=1S/C9H16NO2/c1-8(2)5-7(11)6-9(3,4)10(8)12/h5-6H2,1-4H3/i1D3,2D3,3D3,4D3,5D2,6D2. The minimum Gasteiger partial charge on any atom is -0.300 e. The molecule has 1 rings (SSSR count). The molecule has 12 heavy (non-hydrogen) atoms. The highest BCUT2D eigenvalue weighted by molar-refractivity contribution is 5.81. The monoisotopic (exact) mass is 186 g/mol. The third kappa shape index (κ3) is 1.52. The summed E-state index contributed by atoms with van der Waals surface area (Å²) < 4.78 is 121. The van der Waals surface area contributed by atoms with Gasteiger partial charge in [0.05, 0.1) is 11.1 Å². The molecule has 0 saturated carbocycles. The molecule has 0 spiro atoms. The molecule has 0 amide bonds. The number of Topliss-reactive ketones (excluding diaryl/α,β-unsaturated/α-hetero) is 1. The fourth-order valence-electron chi connectivity index (χ4n) is 0.713. The van der Waals surface area contributed by atoms with Crippen LogP contribution >= 0.6 is 0 Å². The molecule has 0 N–H and O–H groups in total. The Balaban J connectivity index is 4.41. The molecule has 1 aliphatic heterocycles. The van der Waals surface area contributed by atoms with Gasteiger partial charge in [-0.3, -0.25) is 4.79 Å². The number of hydrogen-bond acceptors (Lipinski definition) is 2. The third-order valence-corrected chi connectivity index (χ3v) is 1.20. The summed E-state index contributed by atoms with van der Waals surface area (Å²) in [6, 6.07) is 0. The van der Waals surface area contributed by atoms with Gasteiger partial charge in [0.15, 0.2) is 0 Å². The number of rotatable bonds is 0. The van der Waals surface area contributed by atoms with E-state index in [0.717, 1.165) is 0 Å². The van der Waals surface area contributed by atoms with E-state index in [2.05, 4.69) is 0 Å². The SMILES string of the molecule is [2H]C([2H])([2H])C1(C([2H])([2H])[2H])N([O])C(C([2H])([2H])[2H])(C([2H])([2H])[2H])C([2H])([2H])C(=O)C1([2H])[2H]. The Hall–Kier alpha value is -0.410. The first-order chi connectivity index (χ1) is 11.8. The molecule has 3 nitrogen and oxygen atoms in total. The first-order valence-corrected chi connectivity index (χ1v) is 2.83. The molecule has 0 unspecified atom stereocenters. The second kappa shape index (κ2) is 2.54. The topological polar surface area (TPSA) is 40.2 Å². The lowest BCUT2D eigenvalue weighted by Gasteiger charge is -2.45. The van der Waals surface area contributed by atoms with Gasteiger partial charge in [-0.05, 0) is 27.4 Å². The van der Waals surface area contributed by atoms with Crippen LogP contribution in [0.15, 0.2) is 0 Å². The van der Waals surface area contributed by atoms with Gasteiger partial charge in [0.1, 0.15) is 5.78 Å². The largest absolute Gasteiger partial charge is 0.300 e. The molecule has 0 aliphatic carbocycles. The summed E-state index contributed by atoms with van der Waals surface area (Å²) in [5, 5.41) is 11.6. The molecule has 69 valence electrons.